The summed E-state index contributed by atoms with van der Waals surface area (Å²) in [7, 11) is 0. The van der Waals surface area contributed by atoms with Crippen molar-refractivity contribution in [3.05, 3.63) is 24.0 Å². The average Bonchev–Trinajstić information content (AvgIpc) is 2.33. The number of hydrogen-bond acceptors (Lipinski definition) is 3. The van der Waals surface area contributed by atoms with Crippen LogP contribution in [0.3, 0.4) is 0 Å². The number of aromatic nitrogens is 1. The quantitative estimate of drug-likeness (QED) is 0.823. The van der Waals surface area contributed by atoms with Crippen LogP contribution in [0.15, 0.2) is 18.5 Å². The first kappa shape index (κ1) is 11.4. The minimum atomic E-state index is 0.0549. The van der Waals surface area contributed by atoms with Gasteiger partial charge < -0.3 is 10.4 Å². The molecular weight excluding hydrogens is 200 g/mol. The van der Waals surface area contributed by atoms with Crippen LogP contribution in [-0.4, -0.2) is 16.1 Å². The van der Waals surface area contributed by atoms with Gasteiger partial charge in [-0.3, -0.25) is 4.98 Å². The van der Waals surface area contributed by atoms with Crippen molar-refractivity contribution >= 4 is 5.69 Å². The molecule has 1 heterocycles. The highest BCUT2D eigenvalue weighted by molar-refractivity contribution is 5.49. The molecule has 0 atom stereocenters. The Kier molecular flexibility index (Phi) is 3.78. The van der Waals surface area contributed by atoms with Gasteiger partial charge >= 0.3 is 0 Å². The number of nitrogens with one attached hydrogen (secondary N) is 1. The van der Waals surface area contributed by atoms with Crippen molar-refractivity contribution in [1.82, 2.24) is 4.98 Å². The standard InChI is InChI=1S/C13H20N2O/c1-10-2-4-12(5-3-10)15-13-6-7-14-8-11(13)9-16/h6-8,10,12,16H,2-5,9H2,1H3,(H,14,15). The average molecular weight is 220 g/mol. The highest BCUT2D eigenvalue weighted by atomic mass is 16.3. The Morgan fingerprint density at radius 3 is 2.81 bits per heavy atom. The van der Waals surface area contributed by atoms with E-state index in [-0.39, 0.29) is 6.61 Å². The smallest absolute Gasteiger partial charge is 0.0717 e. The van der Waals surface area contributed by atoms with Crippen molar-refractivity contribution in [3.8, 4) is 0 Å². The number of rotatable bonds is 3. The highest BCUT2D eigenvalue weighted by Crippen LogP contribution is 2.26. The first-order chi connectivity index (χ1) is 7.79. The fourth-order valence-electron chi connectivity index (χ4n) is 2.32. The van der Waals surface area contributed by atoms with Gasteiger partial charge in [-0.25, -0.2) is 0 Å². The third-order valence-electron chi connectivity index (χ3n) is 3.45. The van der Waals surface area contributed by atoms with E-state index in [2.05, 4.69) is 17.2 Å². The first-order valence-corrected chi connectivity index (χ1v) is 6.10. The maximum absolute atomic E-state index is 9.21. The van der Waals surface area contributed by atoms with Crippen molar-refractivity contribution in [1.29, 1.82) is 0 Å². The lowest BCUT2D eigenvalue weighted by atomic mass is 9.87. The molecule has 2 N–H and O–H groups in total. The normalized spacial score (nSPS) is 25.4. The number of pyridine rings is 1. The second-order valence-electron chi connectivity index (χ2n) is 4.79. The number of aliphatic hydroxyl groups excluding tert-OH is 1. The van der Waals surface area contributed by atoms with Gasteiger partial charge in [-0.15, -0.1) is 0 Å². The third-order valence-corrected chi connectivity index (χ3v) is 3.45. The maximum Gasteiger partial charge on any atom is 0.0717 e. The molecule has 3 nitrogen and oxygen atoms in total. The van der Waals surface area contributed by atoms with Crippen LogP contribution < -0.4 is 5.32 Å². The van der Waals surface area contributed by atoms with Gasteiger partial charge in [0, 0.05) is 29.7 Å². The molecule has 2 rings (SSSR count). The minimum absolute atomic E-state index is 0.0549. The molecule has 0 aliphatic heterocycles. The Balaban J connectivity index is 1.98. The number of anilines is 1. The summed E-state index contributed by atoms with van der Waals surface area (Å²) in [6, 6.07) is 2.51. The molecule has 0 aromatic carbocycles. The summed E-state index contributed by atoms with van der Waals surface area (Å²) < 4.78 is 0. The van der Waals surface area contributed by atoms with Gasteiger partial charge in [0.15, 0.2) is 0 Å². The predicted molar refractivity (Wildman–Crippen MR) is 65.2 cm³/mol. The highest BCUT2D eigenvalue weighted by Gasteiger charge is 2.18. The van der Waals surface area contributed by atoms with Crippen molar-refractivity contribution in [2.24, 2.45) is 5.92 Å². The molecule has 0 amide bonds. The lowest BCUT2D eigenvalue weighted by molar-refractivity contribution is 0.281. The number of aliphatic hydroxyl groups is 1. The van der Waals surface area contributed by atoms with E-state index >= 15 is 0 Å². The number of hydrogen-bond donors (Lipinski definition) is 2. The van der Waals surface area contributed by atoms with E-state index in [0.717, 1.165) is 17.2 Å². The summed E-state index contributed by atoms with van der Waals surface area (Å²) in [5.41, 5.74) is 1.93. The second-order valence-corrected chi connectivity index (χ2v) is 4.79. The summed E-state index contributed by atoms with van der Waals surface area (Å²) in [6.07, 6.45) is 8.57. The van der Waals surface area contributed by atoms with Gasteiger partial charge in [0.25, 0.3) is 0 Å². The molecule has 1 aliphatic rings. The molecule has 1 saturated carbocycles. The van der Waals surface area contributed by atoms with Crippen LogP contribution >= 0.6 is 0 Å². The van der Waals surface area contributed by atoms with Gasteiger partial charge in [0.1, 0.15) is 0 Å². The molecule has 3 heteroatoms. The van der Waals surface area contributed by atoms with Gasteiger partial charge in [0.2, 0.25) is 0 Å². The molecule has 16 heavy (non-hydrogen) atoms. The van der Waals surface area contributed by atoms with E-state index in [9.17, 15) is 5.11 Å². The van der Waals surface area contributed by atoms with Crippen LogP contribution in [0.25, 0.3) is 0 Å². The van der Waals surface area contributed by atoms with Crippen LogP contribution in [0.5, 0.6) is 0 Å². The summed E-state index contributed by atoms with van der Waals surface area (Å²) in [5.74, 6) is 0.868. The Hall–Kier alpha value is -1.09. The van der Waals surface area contributed by atoms with Gasteiger partial charge in [-0.2, -0.15) is 0 Å². The summed E-state index contributed by atoms with van der Waals surface area (Å²) in [5, 5.41) is 12.7. The van der Waals surface area contributed by atoms with Crippen LogP contribution in [-0.2, 0) is 6.61 Å². The van der Waals surface area contributed by atoms with E-state index in [4.69, 9.17) is 0 Å². The summed E-state index contributed by atoms with van der Waals surface area (Å²) in [6.45, 7) is 2.38. The molecule has 1 aromatic rings. The predicted octanol–water partition coefficient (Wildman–Crippen LogP) is 2.56. The first-order valence-electron chi connectivity index (χ1n) is 6.10. The van der Waals surface area contributed by atoms with Crippen molar-refractivity contribution in [2.75, 3.05) is 5.32 Å². The zero-order valence-electron chi connectivity index (χ0n) is 9.82. The van der Waals surface area contributed by atoms with Crippen LogP contribution in [0, 0.1) is 5.92 Å². The Bertz CT molecular complexity index is 332. The van der Waals surface area contributed by atoms with Gasteiger partial charge in [0.05, 0.1) is 6.61 Å². The Morgan fingerprint density at radius 1 is 1.38 bits per heavy atom. The molecular formula is C13H20N2O. The molecule has 1 aliphatic carbocycles. The van der Waals surface area contributed by atoms with Crippen molar-refractivity contribution in [3.63, 3.8) is 0 Å². The topological polar surface area (TPSA) is 45.2 Å². The molecule has 0 radical (unpaired) electrons. The van der Waals surface area contributed by atoms with Crippen LogP contribution in [0.4, 0.5) is 5.69 Å². The van der Waals surface area contributed by atoms with E-state index in [0.29, 0.717) is 6.04 Å². The molecule has 0 unspecified atom stereocenters. The number of nitrogens with zero attached hydrogens (tertiary/aromatic N) is 1. The fourth-order valence-corrected chi connectivity index (χ4v) is 2.32. The molecule has 0 bridgehead atoms. The second kappa shape index (κ2) is 5.30. The Labute approximate surface area is 96.9 Å². The Morgan fingerprint density at radius 2 is 2.12 bits per heavy atom. The lowest BCUT2D eigenvalue weighted by Gasteiger charge is -2.28. The summed E-state index contributed by atoms with van der Waals surface area (Å²) >= 11 is 0. The lowest BCUT2D eigenvalue weighted by Crippen LogP contribution is -2.25. The van der Waals surface area contributed by atoms with E-state index in [1.807, 2.05) is 6.07 Å². The minimum Gasteiger partial charge on any atom is -0.392 e. The molecule has 0 spiro atoms. The molecule has 1 fully saturated rings. The van der Waals surface area contributed by atoms with Crippen LogP contribution in [0.1, 0.15) is 38.2 Å². The molecule has 0 saturated heterocycles. The van der Waals surface area contributed by atoms with Gasteiger partial charge in [-0.1, -0.05) is 6.92 Å². The van der Waals surface area contributed by atoms with Crippen molar-refractivity contribution in [2.45, 2.75) is 45.3 Å². The monoisotopic (exact) mass is 220 g/mol. The largest absolute Gasteiger partial charge is 0.392 e. The van der Waals surface area contributed by atoms with E-state index in [1.54, 1.807) is 12.4 Å². The van der Waals surface area contributed by atoms with Crippen molar-refractivity contribution < 1.29 is 5.11 Å². The fraction of sp³-hybridized carbons (Fsp3) is 0.615. The summed E-state index contributed by atoms with van der Waals surface area (Å²) in [4.78, 5) is 4.02. The van der Waals surface area contributed by atoms with E-state index < -0.39 is 0 Å². The van der Waals surface area contributed by atoms with Gasteiger partial charge in [-0.05, 0) is 37.7 Å². The zero-order chi connectivity index (χ0) is 11.4. The zero-order valence-corrected chi connectivity index (χ0v) is 9.82. The van der Waals surface area contributed by atoms with E-state index in [1.165, 1.54) is 25.7 Å². The SMILES string of the molecule is CC1CCC(Nc2ccncc2CO)CC1. The van der Waals surface area contributed by atoms with Crippen LogP contribution in [0.2, 0.25) is 0 Å². The molecule has 1 aromatic heterocycles. The maximum atomic E-state index is 9.21. The third kappa shape index (κ3) is 2.73. The molecule has 88 valence electrons.